The van der Waals surface area contributed by atoms with Crippen LogP contribution in [0.4, 0.5) is 9.52 Å². The summed E-state index contributed by atoms with van der Waals surface area (Å²) in [6, 6.07) is 12.5. The molecule has 1 amide bonds. The van der Waals surface area contributed by atoms with E-state index in [4.69, 9.17) is 0 Å². The van der Waals surface area contributed by atoms with Crippen molar-refractivity contribution < 1.29 is 9.18 Å². The highest BCUT2D eigenvalue weighted by molar-refractivity contribution is 9.10. The van der Waals surface area contributed by atoms with Crippen LogP contribution in [0.2, 0.25) is 0 Å². The number of hydrogen-bond acceptors (Lipinski definition) is 5. The van der Waals surface area contributed by atoms with Crippen LogP contribution in [-0.4, -0.2) is 21.1 Å². The van der Waals surface area contributed by atoms with Crippen molar-refractivity contribution in [3.05, 3.63) is 70.1 Å². The van der Waals surface area contributed by atoms with Crippen LogP contribution < -0.4 is 5.32 Å². The molecule has 0 aliphatic rings. The maximum Gasteiger partial charge on any atom is 0.257 e. The first-order chi connectivity index (χ1) is 13.1. The van der Waals surface area contributed by atoms with E-state index >= 15 is 0 Å². The number of thioether (sulfide) groups is 1. The van der Waals surface area contributed by atoms with Gasteiger partial charge in [0.1, 0.15) is 5.82 Å². The number of anilines is 1. The summed E-state index contributed by atoms with van der Waals surface area (Å²) in [4.78, 5) is 15.5. The fraction of sp³-hybridized carbons (Fsp3) is 0.0556. The van der Waals surface area contributed by atoms with E-state index in [0.29, 0.717) is 30.8 Å². The number of nitrogens with zero attached hydrogens (tertiary/aromatic N) is 2. The van der Waals surface area contributed by atoms with Crippen LogP contribution in [-0.2, 0) is 5.75 Å². The highest BCUT2D eigenvalue weighted by Gasteiger charge is 2.13. The van der Waals surface area contributed by atoms with Crippen LogP contribution in [0.15, 0.2) is 57.5 Å². The van der Waals surface area contributed by atoms with Gasteiger partial charge in [0.05, 0.1) is 4.47 Å². The van der Waals surface area contributed by atoms with Gasteiger partial charge in [-0.15, -0.1) is 10.2 Å². The third kappa shape index (κ3) is 4.05. The number of amides is 1. The number of halogens is 2. The van der Waals surface area contributed by atoms with Gasteiger partial charge in [0, 0.05) is 28.4 Å². The molecular weight excluding hydrogens is 451 g/mol. The number of nitrogens with one attached hydrogen (secondary N) is 2. The maximum atomic E-state index is 14.0. The van der Waals surface area contributed by atoms with E-state index in [-0.39, 0.29) is 11.7 Å². The molecule has 4 rings (SSSR count). The molecule has 0 fully saturated rings. The summed E-state index contributed by atoms with van der Waals surface area (Å²) >= 11 is 5.81. The van der Waals surface area contributed by atoms with Gasteiger partial charge in [-0.2, -0.15) is 0 Å². The largest absolute Gasteiger partial charge is 0.361 e. The Kier molecular flexibility index (Phi) is 5.24. The lowest BCUT2D eigenvalue weighted by Crippen LogP contribution is -2.11. The fourth-order valence-corrected chi connectivity index (χ4v) is 4.61. The van der Waals surface area contributed by atoms with Crippen LogP contribution in [0, 0.1) is 5.82 Å². The highest BCUT2D eigenvalue weighted by atomic mass is 79.9. The van der Waals surface area contributed by atoms with E-state index in [0.717, 1.165) is 10.9 Å². The van der Waals surface area contributed by atoms with Crippen LogP contribution in [0.5, 0.6) is 0 Å². The molecule has 2 N–H and O–H groups in total. The Morgan fingerprint density at radius 3 is 3.04 bits per heavy atom. The van der Waals surface area contributed by atoms with Gasteiger partial charge in [-0.25, -0.2) is 4.39 Å². The van der Waals surface area contributed by atoms with Crippen molar-refractivity contribution in [1.29, 1.82) is 0 Å². The Labute approximate surface area is 170 Å². The van der Waals surface area contributed by atoms with Crippen LogP contribution in [0.25, 0.3) is 10.9 Å². The van der Waals surface area contributed by atoms with Gasteiger partial charge < -0.3 is 4.98 Å². The Morgan fingerprint density at radius 1 is 1.26 bits per heavy atom. The number of H-pyrrole nitrogens is 1. The molecule has 0 saturated heterocycles. The van der Waals surface area contributed by atoms with Gasteiger partial charge in [-0.1, -0.05) is 35.2 Å². The molecule has 136 valence electrons. The summed E-state index contributed by atoms with van der Waals surface area (Å²) < 4.78 is 15.1. The average molecular weight is 463 g/mol. The Morgan fingerprint density at radius 2 is 2.15 bits per heavy atom. The maximum absolute atomic E-state index is 14.0. The van der Waals surface area contributed by atoms with E-state index in [2.05, 4.69) is 36.4 Å². The van der Waals surface area contributed by atoms with E-state index in [9.17, 15) is 9.18 Å². The van der Waals surface area contributed by atoms with E-state index in [1.807, 2.05) is 24.4 Å². The number of rotatable bonds is 5. The topological polar surface area (TPSA) is 70.7 Å². The molecule has 0 aliphatic heterocycles. The second-order valence-corrected chi connectivity index (χ2v) is 8.66. The predicted molar refractivity (Wildman–Crippen MR) is 110 cm³/mol. The molecular formula is C18H12BrFN4OS2. The molecule has 0 unspecified atom stereocenters. The van der Waals surface area contributed by atoms with Crippen LogP contribution in [0.3, 0.4) is 0 Å². The van der Waals surface area contributed by atoms with Gasteiger partial charge in [0.2, 0.25) is 5.13 Å². The second-order valence-electron chi connectivity index (χ2n) is 5.61. The van der Waals surface area contributed by atoms with Crippen LogP contribution in [0.1, 0.15) is 15.9 Å². The number of hydrogen-bond donors (Lipinski definition) is 2. The molecule has 27 heavy (non-hydrogen) atoms. The summed E-state index contributed by atoms with van der Waals surface area (Å²) in [5, 5.41) is 12.2. The first kappa shape index (κ1) is 18.1. The van der Waals surface area contributed by atoms with Crippen molar-refractivity contribution in [3.63, 3.8) is 0 Å². The predicted octanol–water partition coefficient (Wildman–Crippen LogP) is 5.47. The van der Waals surface area contributed by atoms with Crippen molar-refractivity contribution in [2.75, 3.05) is 5.32 Å². The first-order valence-corrected chi connectivity index (χ1v) is 10.5. The van der Waals surface area contributed by atoms with Crippen LogP contribution >= 0.6 is 39.0 Å². The van der Waals surface area contributed by atoms with Gasteiger partial charge in [-0.05, 0) is 51.8 Å². The molecule has 5 nitrogen and oxygen atoms in total. The molecule has 2 aromatic carbocycles. The molecule has 2 aromatic heterocycles. The zero-order valence-electron chi connectivity index (χ0n) is 13.7. The monoisotopic (exact) mass is 462 g/mol. The zero-order chi connectivity index (χ0) is 18.8. The molecule has 0 aliphatic carbocycles. The number of carbonyl (C=O) groups is 1. The Balaban J connectivity index is 1.41. The quantitative estimate of drug-likeness (QED) is 0.304. The molecule has 0 bridgehead atoms. The number of aromatic amines is 1. The third-order valence-electron chi connectivity index (χ3n) is 3.83. The molecule has 9 heteroatoms. The Bertz CT molecular complexity index is 1130. The van der Waals surface area contributed by atoms with E-state index < -0.39 is 0 Å². The summed E-state index contributed by atoms with van der Waals surface area (Å²) in [5.41, 5.74) is 2.10. The minimum atomic E-state index is -0.275. The first-order valence-electron chi connectivity index (χ1n) is 7.88. The molecule has 2 heterocycles. The summed E-state index contributed by atoms with van der Waals surface area (Å²) in [5.74, 6) is -0.0927. The summed E-state index contributed by atoms with van der Waals surface area (Å²) in [6.45, 7) is 0. The summed E-state index contributed by atoms with van der Waals surface area (Å²) in [7, 11) is 0. The van der Waals surface area contributed by atoms with Crippen molar-refractivity contribution in [2.45, 2.75) is 10.1 Å². The van der Waals surface area contributed by atoms with Crippen molar-refractivity contribution in [3.8, 4) is 0 Å². The molecule has 0 saturated carbocycles. The fourth-order valence-electron chi connectivity index (χ4n) is 2.48. The minimum Gasteiger partial charge on any atom is -0.361 e. The number of aromatic nitrogens is 3. The van der Waals surface area contributed by atoms with Gasteiger partial charge >= 0.3 is 0 Å². The molecule has 0 spiro atoms. The summed E-state index contributed by atoms with van der Waals surface area (Å²) in [6.07, 6.45) is 1.83. The zero-order valence-corrected chi connectivity index (χ0v) is 16.9. The second kappa shape index (κ2) is 7.79. The molecule has 4 aromatic rings. The van der Waals surface area contributed by atoms with Gasteiger partial charge in [-0.3, -0.25) is 10.1 Å². The van der Waals surface area contributed by atoms with E-state index in [1.165, 1.54) is 23.1 Å². The lowest BCUT2D eigenvalue weighted by atomic mass is 10.1. The average Bonchev–Trinajstić information content (AvgIpc) is 3.31. The van der Waals surface area contributed by atoms with Crippen molar-refractivity contribution >= 4 is 61.0 Å². The number of fused-ring (bicyclic) bond motifs is 1. The van der Waals surface area contributed by atoms with E-state index in [1.54, 1.807) is 24.3 Å². The highest BCUT2D eigenvalue weighted by Crippen LogP contribution is 2.30. The Hall–Kier alpha value is -2.23. The number of carbonyl (C=O) groups excluding carboxylic acids is 1. The van der Waals surface area contributed by atoms with Crippen molar-refractivity contribution in [2.24, 2.45) is 0 Å². The standard InChI is InChI=1S/C18H12BrFN4OS2/c19-13-3-1-2-12(15(13)20)9-26-18-24-23-17(27-18)22-16(25)11-4-5-14-10(8-11)6-7-21-14/h1-8,21H,9H2,(H,22,23,25). The normalized spacial score (nSPS) is 11.0. The minimum absolute atomic E-state index is 0.246. The molecule has 0 atom stereocenters. The number of benzene rings is 2. The lowest BCUT2D eigenvalue weighted by Gasteiger charge is -2.02. The van der Waals surface area contributed by atoms with Gasteiger partial charge in [0.15, 0.2) is 4.34 Å². The lowest BCUT2D eigenvalue weighted by molar-refractivity contribution is 0.102. The smallest absolute Gasteiger partial charge is 0.257 e. The third-order valence-corrected chi connectivity index (χ3v) is 6.46. The van der Waals surface area contributed by atoms with Gasteiger partial charge in [0.25, 0.3) is 5.91 Å². The SMILES string of the molecule is O=C(Nc1nnc(SCc2cccc(Br)c2F)s1)c1ccc2[nH]ccc2c1. The van der Waals surface area contributed by atoms with Crippen molar-refractivity contribution in [1.82, 2.24) is 15.2 Å². The molecule has 0 radical (unpaired) electrons.